The second-order valence-electron chi connectivity index (χ2n) is 4.78. The average molecular weight is 248 g/mol. The van der Waals surface area contributed by atoms with Gasteiger partial charge in [-0.15, -0.1) is 0 Å². The monoisotopic (exact) mass is 248 g/mol. The van der Waals surface area contributed by atoms with E-state index in [1.54, 1.807) is 0 Å². The highest BCUT2D eigenvalue weighted by molar-refractivity contribution is 5.84. The summed E-state index contributed by atoms with van der Waals surface area (Å²) in [6, 6.07) is 7.86. The number of carbonyl (C=O) groups is 1. The zero-order valence-electron chi connectivity index (χ0n) is 10.7. The summed E-state index contributed by atoms with van der Waals surface area (Å²) in [7, 11) is 0. The van der Waals surface area contributed by atoms with Gasteiger partial charge in [-0.3, -0.25) is 4.79 Å². The number of hydrogen-bond donors (Lipinski definition) is 2. The molecule has 1 aliphatic rings. The fourth-order valence-electron chi connectivity index (χ4n) is 2.16. The first-order valence-corrected chi connectivity index (χ1v) is 6.43. The Morgan fingerprint density at radius 3 is 3.11 bits per heavy atom. The van der Waals surface area contributed by atoms with Gasteiger partial charge >= 0.3 is 0 Å². The molecule has 0 saturated heterocycles. The van der Waals surface area contributed by atoms with Crippen LogP contribution in [0.25, 0.3) is 0 Å². The molecule has 0 aliphatic carbocycles. The zero-order valence-corrected chi connectivity index (χ0v) is 10.7. The van der Waals surface area contributed by atoms with E-state index < -0.39 is 0 Å². The quantitative estimate of drug-likeness (QED) is 0.846. The van der Waals surface area contributed by atoms with Crippen molar-refractivity contribution in [1.82, 2.24) is 5.32 Å². The van der Waals surface area contributed by atoms with Crippen molar-refractivity contribution in [2.45, 2.75) is 31.7 Å². The highest BCUT2D eigenvalue weighted by Crippen LogP contribution is 2.33. The lowest BCUT2D eigenvalue weighted by Gasteiger charge is -2.25. The summed E-state index contributed by atoms with van der Waals surface area (Å²) in [5.41, 5.74) is 6.65. The largest absolute Gasteiger partial charge is 0.493 e. The van der Waals surface area contributed by atoms with Crippen LogP contribution in [0.5, 0.6) is 5.75 Å². The van der Waals surface area contributed by atoms with Gasteiger partial charge in [0.25, 0.3) is 0 Å². The lowest BCUT2D eigenvalue weighted by molar-refractivity contribution is -0.123. The van der Waals surface area contributed by atoms with Crippen LogP contribution in [-0.2, 0) is 4.79 Å². The Bertz CT molecular complexity index is 418. The van der Waals surface area contributed by atoms with Crippen LogP contribution in [0.4, 0.5) is 0 Å². The molecule has 4 nitrogen and oxygen atoms in total. The van der Waals surface area contributed by atoms with Crippen LogP contribution in [0.3, 0.4) is 0 Å². The molecule has 0 spiro atoms. The topological polar surface area (TPSA) is 64.3 Å². The highest BCUT2D eigenvalue weighted by atomic mass is 16.5. The second-order valence-corrected chi connectivity index (χ2v) is 4.78. The first-order valence-electron chi connectivity index (χ1n) is 6.43. The molecule has 0 fully saturated rings. The Morgan fingerprint density at radius 2 is 2.33 bits per heavy atom. The van der Waals surface area contributed by atoms with E-state index in [1.165, 1.54) is 0 Å². The van der Waals surface area contributed by atoms with Gasteiger partial charge in [-0.1, -0.05) is 18.2 Å². The van der Waals surface area contributed by atoms with Crippen molar-refractivity contribution in [3.63, 3.8) is 0 Å². The van der Waals surface area contributed by atoms with Gasteiger partial charge in [-0.2, -0.15) is 0 Å². The molecule has 2 unspecified atom stereocenters. The number of nitrogens with one attached hydrogen (secondary N) is 1. The number of fused-ring (bicyclic) bond motifs is 1. The zero-order chi connectivity index (χ0) is 13.0. The molecule has 3 N–H and O–H groups in total. The molecule has 4 heteroatoms. The van der Waals surface area contributed by atoms with Crippen molar-refractivity contribution in [1.29, 1.82) is 0 Å². The molecule has 0 bridgehead atoms. The molecule has 2 atom stereocenters. The summed E-state index contributed by atoms with van der Waals surface area (Å²) >= 11 is 0. The summed E-state index contributed by atoms with van der Waals surface area (Å²) in [6.45, 7) is 3.17. The summed E-state index contributed by atoms with van der Waals surface area (Å²) in [5.74, 6) is 0.811. The maximum absolute atomic E-state index is 12.1. The fourth-order valence-corrected chi connectivity index (χ4v) is 2.16. The molecule has 1 amide bonds. The van der Waals surface area contributed by atoms with Gasteiger partial charge in [0.2, 0.25) is 5.91 Å². The lowest BCUT2D eigenvalue weighted by Crippen LogP contribution is -2.34. The Morgan fingerprint density at radius 1 is 1.56 bits per heavy atom. The van der Waals surface area contributed by atoms with E-state index in [0.29, 0.717) is 13.2 Å². The second kappa shape index (κ2) is 5.87. The van der Waals surface area contributed by atoms with Crippen LogP contribution in [0.2, 0.25) is 0 Å². The molecule has 18 heavy (non-hydrogen) atoms. The molecule has 2 rings (SSSR count). The fraction of sp³-hybridized carbons (Fsp3) is 0.500. The van der Waals surface area contributed by atoms with Gasteiger partial charge in [-0.05, 0) is 25.8 Å². The Balaban J connectivity index is 1.99. The van der Waals surface area contributed by atoms with Crippen LogP contribution >= 0.6 is 0 Å². The summed E-state index contributed by atoms with van der Waals surface area (Å²) in [5, 5.41) is 2.95. The van der Waals surface area contributed by atoms with Crippen molar-refractivity contribution in [2.24, 2.45) is 5.73 Å². The standard InChI is InChI=1S/C14H20N2O2/c1-10(15)6-8-16-14(17)12-7-9-18-13-5-3-2-4-11(12)13/h2-5,10,12H,6-9,15H2,1H3,(H,16,17). The third-order valence-corrected chi connectivity index (χ3v) is 3.17. The third-order valence-electron chi connectivity index (χ3n) is 3.17. The van der Waals surface area contributed by atoms with E-state index in [2.05, 4.69) is 5.32 Å². The maximum atomic E-state index is 12.1. The van der Waals surface area contributed by atoms with E-state index in [1.807, 2.05) is 31.2 Å². The first-order chi connectivity index (χ1) is 8.68. The minimum absolute atomic E-state index is 0.0754. The Hall–Kier alpha value is -1.55. The van der Waals surface area contributed by atoms with E-state index in [0.717, 1.165) is 24.2 Å². The molecule has 1 aromatic rings. The van der Waals surface area contributed by atoms with Gasteiger partial charge < -0.3 is 15.8 Å². The van der Waals surface area contributed by atoms with Crippen LogP contribution in [-0.4, -0.2) is 25.1 Å². The number of amides is 1. The molecule has 98 valence electrons. The smallest absolute Gasteiger partial charge is 0.227 e. The normalized spacial score (nSPS) is 19.6. The van der Waals surface area contributed by atoms with E-state index >= 15 is 0 Å². The molecule has 1 aliphatic heterocycles. The number of hydrogen-bond acceptors (Lipinski definition) is 3. The first kappa shape index (κ1) is 12.9. The van der Waals surface area contributed by atoms with Gasteiger partial charge in [0.15, 0.2) is 0 Å². The number of ether oxygens (including phenoxy) is 1. The molecule has 0 radical (unpaired) electrons. The van der Waals surface area contributed by atoms with Gasteiger partial charge in [0, 0.05) is 18.2 Å². The molecule has 0 saturated carbocycles. The maximum Gasteiger partial charge on any atom is 0.227 e. The molecule has 0 aromatic heterocycles. The van der Waals surface area contributed by atoms with E-state index in [4.69, 9.17) is 10.5 Å². The van der Waals surface area contributed by atoms with Crippen LogP contribution < -0.4 is 15.8 Å². The van der Waals surface area contributed by atoms with Crippen molar-refractivity contribution in [3.8, 4) is 5.75 Å². The molecular formula is C14H20N2O2. The van der Waals surface area contributed by atoms with Crippen molar-refractivity contribution >= 4 is 5.91 Å². The molecule has 1 heterocycles. The van der Waals surface area contributed by atoms with Crippen LogP contribution in [0, 0.1) is 0 Å². The van der Waals surface area contributed by atoms with Gasteiger partial charge in [0.1, 0.15) is 5.75 Å². The van der Waals surface area contributed by atoms with Crippen molar-refractivity contribution < 1.29 is 9.53 Å². The summed E-state index contributed by atoms with van der Waals surface area (Å²) in [4.78, 5) is 12.1. The van der Waals surface area contributed by atoms with E-state index in [9.17, 15) is 4.79 Å². The summed E-state index contributed by atoms with van der Waals surface area (Å²) in [6.07, 6.45) is 1.54. The predicted molar refractivity (Wildman–Crippen MR) is 70.6 cm³/mol. The van der Waals surface area contributed by atoms with Crippen molar-refractivity contribution in [3.05, 3.63) is 29.8 Å². The summed E-state index contributed by atoms with van der Waals surface area (Å²) < 4.78 is 5.55. The van der Waals surface area contributed by atoms with Gasteiger partial charge in [0.05, 0.1) is 12.5 Å². The van der Waals surface area contributed by atoms with Gasteiger partial charge in [-0.25, -0.2) is 0 Å². The minimum atomic E-state index is -0.0944. The third kappa shape index (κ3) is 3.01. The van der Waals surface area contributed by atoms with Crippen LogP contribution in [0.1, 0.15) is 31.2 Å². The number of rotatable bonds is 4. The average Bonchev–Trinajstić information content (AvgIpc) is 2.37. The number of para-hydroxylation sites is 1. The highest BCUT2D eigenvalue weighted by Gasteiger charge is 2.26. The number of nitrogens with two attached hydrogens (primary N) is 1. The number of benzene rings is 1. The molecular weight excluding hydrogens is 228 g/mol. The molecule has 1 aromatic carbocycles. The number of carbonyl (C=O) groups excluding carboxylic acids is 1. The SMILES string of the molecule is CC(N)CCNC(=O)C1CCOc2ccccc21. The minimum Gasteiger partial charge on any atom is -0.493 e. The van der Waals surface area contributed by atoms with Crippen molar-refractivity contribution in [2.75, 3.05) is 13.2 Å². The Kier molecular flexibility index (Phi) is 4.20. The Labute approximate surface area is 108 Å². The van der Waals surface area contributed by atoms with E-state index in [-0.39, 0.29) is 17.9 Å². The lowest BCUT2D eigenvalue weighted by atomic mass is 9.92. The predicted octanol–water partition coefficient (Wildman–Crippen LogP) is 1.41. The van der Waals surface area contributed by atoms with Crippen LogP contribution in [0.15, 0.2) is 24.3 Å².